The van der Waals surface area contributed by atoms with E-state index in [1.807, 2.05) is 6.92 Å². The standard InChI is InChI=1S/C14H24O/c1-6-15-13-9-7-12(8-10-13)11(2)14(3,4)5/h7,9,11H,6,8,10H2,1-5H3. The highest BCUT2D eigenvalue weighted by Crippen LogP contribution is 2.35. The van der Waals surface area contributed by atoms with E-state index in [-0.39, 0.29) is 0 Å². The minimum atomic E-state index is 0.364. The Morgan fingerprint density at radius 3 is 2.33 bits per heavy atom. The molecule has 0 aliphatic heterocycles. The lowest BCUT2D eigenvalue weighted by atomic mass is 9.75. The molecule has 0 amide bonds. The molecule has 0 aromatic carbocycles. The van der Waals surface area contributed by atoms with E-state index in [2.05, 4.69) is 39.8 Å². The highest BCUT2D eigenvalue weighted by atomic mass is 16.5. The van der Waals surface area contributed by atoms with Gasteiger partial charge in [0.15, 0.2) is 0 Å². The van der Waals surface area contributed by atoms with Gasteiger partial charge in [-0.2, -0.15) is 0 Å². The number of allylic oxidation sites excluding steroid dienone is 4. The van der Waals surface area contributed by atoms with Gasteiger partial charge in [-0.05, 0) is 30.8 Å². The Balaban J connectivity index is 2.67. The second-order valence-corrected chi connectivity index (χ2v) is 5.40. The van der Waals surface area contributed by atoms with Gasteiger partial charge < -0.3 is 4.74 Å². The normalized spacial score (nSPS) is 19.3. The SMILES string of the molecule is CCOC1=CC=C(C(C)C(C)(C)C)CC1. The van der Waals surface area contributed by atoms with Gasteiger partial charge in [0.05, 0.1) is 12.4 Å². The first-order valence-electron chi connectivity index (χ1n) is 5.97. The van der Waals surface area contributed by atoms with Crippen molar-refractivity contribution in [3.05, 3.63) is 23.5 Å². The van der Waals surface area contributed by atoms with Gasteiger partial charge in [-0.3, -0.25) is 0 Å². The summed E-state index contributed by atoms with van der Waals surface area (Å²) in [7, 11) is 0. The lowest BCUT2D eigenvalue weighted by Gasteiger charge is -2.31. The number of hydrogen-bond donors (Lipinski definition) is 0. The zero-order valence-electron chi connectivity index (χ0n) is 10.8. The van der Waals surface area contributed by atoms with Crippen LogP contribution in [0.15, 0.2) is 23.5 Å². The van der Waals surface area contributed by atoms with Crippen LogP contribution in [0.5, 0.6) is 0 Å². The summed E-state index contributed by atoms with van der Waals surface area (Å²) >= 11 is 0. The molecule has 0 aromatic rings. The second kappa shape index (κ2) is 4.87. The van der Waals surface area contributed by atoms with Crippen molar-refractivity contribution >= 4 is 0 Å². The number of rotatable bonds is 3. The quantitative estimate of drug-likeness (QED) is 0.671. The third kappa shape index (κ3) is 3.40. The van der Waals surface area contributed by atoms with Crippen molar-refractivity contribution in [1.82, 2.24) is 0 Å². The summed E-state index contributed by atoms with van der Waals surface area (Å²) in [6.45, 7) is 12.1. The van der Waals surface area contributed by atoms with Crippen LogP contribution in [0.2, 0.25) is 0 Å². The van der Waals surface area contributed by atoms with Crippen molar-refractivity contribution in [1.29, 1.82) is 0 Å². The molecule has 0 saturated carbocycles. The average Bonchev–Trinajstić information content (AvgIpc) is 2.17. The maximum atomic E-state index is 5.51. The van der Waals surface area contributed by atoms with Crippen molar-refractivity contribution in [2.24, 2.45) is 11.3 Å². The zero-order chi connectivity index (χ0) is 11.5. The smallest absolute Gasteiger partial charge is 0.0962 e. The highest BCUT2D eigenvalue weighted by molar-refractivity contribution is 5.23. The lowest BCUT2D eigenvalue weighted by molar-refractivity contribution is 0.214. The molecule has 1 aliphatic carbocycles. The van der Waals surface area contributed by atoms with E-state index in [1.165, 1.54) is 0 Å². The Bertz CT molecular complexity index is 266. The van der Waals surface area contributed by atoms with E-state index in [9.17, 15) is 0 Å². The molecule has 0 fully saturated rings. The molecule has 86 valence electrons. The minimum absolute atomic E-state index is 0.364. The summed E-state index contributed by atoms with van der Waals surface area (Å²) in [5.41, 5.74) is 1.92. The number of hydrogen-bond acceptors (Lipinski definition) is 1. The van der Waals surface area contributed by atoms with E-state index in [4.69, 9.17) is 4.74 Å². The molecule has 0 heterocycles. The van der Waals surface area contributed by atoms with Crippen LogP contribution in [-0.4, -0.2) is 6.61 Å². The van der Waals surface area contributed by atoms with Gasteiger partial charge in [0.2, 0.25) is 0 Å². The summed E-state index contributed by atoms with van der Waals surface area (Å²) in [5.74, 6) is 1.79. The van der Waals surface area contributed by atoms with Gasteiger partial charge in [0.1, 0.15) is 0 Å². The van der Waals surface area contributed by atoms with Crippen LogP contribution in [-0.2, 0) is 4.74 Å². The van der Waals surface area contributed by atoms with Crippen molar-refractivity contribution in [2.45, 2.75) is 47.5 Å². The molecule has 1 unspecified atom stereocenters. The van der Waals surface area contributed by atoms with Crippen LogP contribution in [0, 0.1) is 11.3 Å². The second-order valence-electron chi connectivity index (χ2n) is 5.40. The first-order chi connectivity index (χ1) is 6.95. The molecule has 1 nitrogen and oxygen atoms in total. The summed E-state index contributed by atoms with van der Waals surface area (Å²) < 4.78 is 5.51. The van der Waals surface area contributed by atoms with Crippen molar-refractivity contribution < 1.29 is 4.74 Å². The summed E-state index contributed by atoms with van der Waals surface area (Å²) in [6.07, 6.45) is 6.62. The van der Waals surface area contributed by atoms with E-state index < -0.39 is 0 Å². The molecule has 0 saturated heterocycles. The topological polar surface area (TPSA) is 9.23 Å². The highest BCUT2D eigenvalue weighted by Gasteiger charge is 2.24. The van der Waals surface area contributed by atoms with Gasteiger partial charge in [0, 0.05) is 6.42 Å². The Kier molecular flexibility index (Phi) is 4.01. The predicted molar refractivity (Wildman–Crippen MR) is 65.6 cm³/mol. The first-order valence-corrected chi connectivity index (χ1v) is 5.97. The van der Waals surface area contributed by atoms with Crippen LogP contribution in [0.4, 0.5) is 0 Å². The molecule has 0 bridgehead atoms. The van der Waals surface area contributed by atoms with Crippen LogP contribution in [0.25, 0.3) is 0 Å². The molecule has 0 spiro atoms. The fraction of sp³-hybridized carbons (Fsp3) is 0.714. The van der Waals surface area contributed by atoms with Gasteiger partial charge >= 0.3 is 0 Å². The van der Waals surface area contributed by atoms with Gasteiger partial charge in [-0.1, -0.05) is 39.3 Å². The van der Waals surface area contributed by atoms with E-state index >= 15 is 0 Å². The molecule has 0 aromatic heterocycles. The molecule has 0 N–H and O–H groups in total. The molecule has 1 rings (SSSR count). The minimum Gasteiger partial charge on any atom is -0.498 e. The average molecular weight is 208 g/mol. The maximum Gasteiger partial charge on any atom is 0.0962 e. The Hall–Kier alpha value is -0.720. The van der Waals surface area contributed by atoms with Crippen molar-refractivity contribution in [3.63, 3.8) is 0 Å². The van der Waals surface area contributed by atoms with E-state index in [0.29, 0.717) is 11.3 Å². The monoisotopic (exact) mass is 208 g/mol. The predicted octanol–water partition coefficient (Wildman–Crippen LogP) is 4.31. The van der Waals surface area contributed by atoms with Gasteiger partial charge in [0.25, 0.3) is 0 Å². The fourth-order valence-electron chi connectivity index (χ4n) is 1.86. The fourth-order valence-corrected chi connectivity index (χ4v) is 1.86. The molecular weight excluding hydrogens is 184 g/mol. The van der Waals surface area contributed by atoms with Crippen LogP contribution in [0.1, 0.15) is 47.5 Å². The first kappa shape index (κ1) is 12.4. The molecule has 0 radical (unpaired) electrons. The Labute approximate surface area is 94.2 Å². The summed E-state index contributed by atoms with van der Waals surface area (Å²) in [6, 6.07) is 0. The Morgan fingerprint density at radius 1 is 1.27 bits per heavy atom. The summed E-state index contributed by atoms with van der Waals surface area (Å²) in [4.78, 5) is 0. The van der Waals surface area contributed by atoms with Crippen LogP contribution < -0.4 is 0 Å². The van der Waals surface area contributed by atoms with Gasteiger partial charge in [-0.25, -0.2) is 0 Å². The Morgan fingerprint density at radius 2 is 1.93 bits per heavy atom. The van der Waals surface area contributed by atoms with E-state index in [0.717, 1.165) is 25.2 Å². The maximum absolute atomic E-state index is 5.51. The van der Waals surface area contributed by atoms with Crippen molar-refractivity contribution in [2.75, 3.05) is 6.61 Å². The molecule has 15 heavy (non-hydrogen) atoms. The van der Waals surface area contributed by atoms with E-state index in [1.54, 1.807) is 5.57 Å². The largest absolute Gasteiger partial charge is 0.498 e. The van der Waals surface area contributed by atoms with Gasteiger partial charge in [-0.15, -0.1) is 0 Å². The third-order valence-electron chi connectivity index (χ3n) is 3.33. The summed E-state index contributed by atoms with van der Waals surface area (Å²) in [5, 5.41) is 0. The molecule has 1 heteroatoms. The molecular formula is C14H24O. The van der Waals surface area contributed by atoms with Crippen LogP contribution in [0.3, 0.4) is 0 Å². The zero-order valence-corrected chi connectivity index (χ0v) is 10.8. The molecule has 1 aliphatic rings. The molecule has 1 atom stereocenters. The van der Waals surface area contributed by atoms with Crippen molar-refractivity contribution in [3.8, 4) is 0 Å². The van der Waals surface area contributed by atoms with Crippen LogP contribution >= 0.6 is 0 Å². The third-order valence-corrected chi connectivity index (χ3v) is 3.33. The number of ether oxygens (including phenoxy) is 1. The lowest BCUT2D eigenvalue weighted by Crippen LogP contribution is -2.20.